The second-order valence-electron chi connectivity index (χ2n) is 4.63. The third-order valence-electron chi connectivity index (χ3n) is 3.52. The van der Waals surface area contributed by atoms with Gasteiger partial charge in [-0.05, 0) is 0 Å². The highest BCUT2D eigenvalue weighted by Gasteiger charge is 2.47. The van der Waals surface area contributed by atoms with Crippen LogP contribution in [0.1, 0.15) is 0 Å². The van der Waals surface area contributed by atoms with Crippen LogP contribution in [0.2, 0.25) is 0 Å². The summed E-state index contributed by atoms with van der Waals surface area (Å²) in [6, 6.07) is -0.605. The molecule has 8 heteroatoms. The van der Waals surface area contributed by atoms with Crippen molar-refractivity contribution in [2.24, 2.45) is 0 Å². The molecule has 20 heavy (non-hydrogen) atoms. The van der Waals surface area contributed by atoms with E-state index in [9.17, 15) is 10.2 Å². The summed E-state index contributed by atoms with van der Waals surface area (Å²) in [4.78, 5) is 1.68. The Morgan fingerprint density at radius 2 is 1.65 bits per heavy atom. The minimum absolute atomic E-state index is 0.124. The lowest BCUT2D eigenvalue weighted by Crippen LogP contribution is -2.65. The van der Waals surface area contributed by atoms with Gasteiger partial charge in [-0.2, -0.15) is 0 Å². The zero-order valence-electron chi connectivity index (χ0n) is 11.9. The second-order valence-corrected chi connectivity index (χ2v) is 4.63. The molecule has 0 aromatic heterocycles. The first-order chi connectivity index (χ1) is 9.64. The summed E-state index contributed by atoms with van der Waals surface area (Å²) in [7, 11) is 2.86. The van der Waals surface area contributed by atoms with Crippen molar-refractivity contribution in [3.63, 3.8) is 0 Å². The summed E-state index contributed by atoms with van der Waals surface area (Å²) < 4.78 is 16.0. The number of hydrogen-bond acceptors (Lipinski definition) is 8. The first-order valence-electron chi connectivity index (χ1n) is 6.60. The van der Waals surface area contributed by atoms with Crippen molar-refractivity contribution in [1.82, 2.24) is 4.90 Å². The monoisotopic (exact) mass is 295 g/mol. The zero-order chi connectivity index (χ0) is 15.1. The van der Waals surface area contributed by atoms with Crippen LogP contribution >= 0.6 is 0 Å². The van der Waals surface area contributed by atoms with Gasteiger partial charge in [0.05, 0.1) is 25.9 Å². The first-order valence-corrected chi connectivity index (χ1v) is 6.60. The fourth-order valence-electron chi connectivity index (χ4n) is 2.59. The van der Waals surface area contributed by atoms with Crippen molar-refractivity contribution >= 4 is 0 Å². The Labute approximate surface area is 118 Å². The van der Waals surface area contributed by atoms with Crippen LogP contribution in [0.15, 0.2) is 0 Å². The molecule has 1 saturated heterocycles. The van der Waals surface area contributed by atoms with Crippen molar-refractivity contribution in [3.05, 3.63) is 0 Å². The molecule has 0 aromatic rings. The predicted octanol–water partition coefficient (Wildman–Crippen LogP) is -2.62. The van der Waals surface area contributed by atoms with Crippen molar-refractivity contribution < 1.29 is 34.6 Å². The lowest BCUT2D eigenvalue weighted by Gasteiger charge is -2.47. The molecule has 0 radical (unpaired) electrons. The highest BCUT2D eigenvalue weighted by molar-refractivity contribution is 4.95. The van der Waals surface area contributed by atoms with Crippen LogP contribution in [0, 0.1) is 0 Å². The van der Waals surface area contributed by atoms with Crippen LogP contribution < -0.4 is 0 Å². The van der Waals surface area contributed by atoms with E-state index in [1.807, 2.05) is 0 Å². The molecule has 5 unspecified atom stereocenters. The molecule has 0 aliphatic carbocycles. The fourth-order valence-corrected chi connectivity index (χ4v) is 2.59. The highest BCUT2D eigenvalue weighted by atomic mass is 16.7. The van der Waals surface area contributed by atoms with E-state index in [1.54, 1.807) is 4.90 Å². The van der Waals surface area contributed by atoms with Gasteiger partial charge in [0.15, 0.2) is 6.29 Å². The third kappa shape index (κ3) is 3.86. The number of aliphatic hydroxyl groups excluding tert-OH is 4. The average molecular weight is 295 g/mol. The van der Waals surface area contributed by atoms with Gasteiger partial charge in [-0.3, -0.25) is 4.90 Å². The average Bonchev–Trinajstić information content (AvgIpc) is 2.46. The summed E-state index contributed by atoms with van der Waals surface area (Å²) in [6.07, 6.45) is -3.17. The van der Waals surface area contributed by atoms with Gasteiger partial charge in [-0.15, -0.1) is 0 Å². The Bertz CT molecular complexity index is 262. The molecule has 1 fully saturated rings. The maximum absolute atomic E-state index is 10.5. The number of hydrogen-bond donors (Lipinski definition) is 4. The van der Waals surface area contributed by atoms with E-state index in [-0.39, 0.29) is 32.9 Å². The van der Waals surface area contributed by atoms with Gasteiger partial charge in [-0.1, -0.05) is 0 Å². The number of methoxy groups -OCH3 is 2. The van der Waals surface area contributed by atoms with Gasteiger partial charge in [0.1, 0.15) is 18.3 Å². The van der Waals surface area contributed by atoms with E-state index < -0.39 is 30.6 Å². The van der Waals surface area contributed by atoms with Crippen molar-refractivity contribution in [1.29, 1.82) is 0 Å². The standard InChI is InChI=1S/C12H25NO7/c1-18-11-8(7-16)20-12(19-2)9(10(11)17)13(3-5-14)4-6-15/h8-12,14-17H,3-7H2,1-2H3. The lowest BCUT2D eigenvalue weighted by atomic mass is 9.95. The van der Waals surface area contributed by atoms with E-state index in [2.05, 4.69) is 0 Å². The molecule has 0 spiro atoms. The van der Waals surface area contributed by atoms with E-state index >= 15 is 0 Å². The molecule has 5 atom stereocenters. The molecule has 1 aliphatic heterocycles. The van der Waals surface area contributed by atoms with E-state index in [1.165, 1.54) is 14.2 Å². The molecule has 4 N–H and O–H groups in total. The van der Waals surface area contributed by atoms with Gasteiger partial charge in [0.2, 0.25) is 0 Å². The molecule has 8 nitrogen and oxygen atoms in total. The van der Waals surface area contributed by atoms with E-state index in [0.29, 0.717) is 0 Å². The Morgan fingerprint density at radius 1 is 1.05 bits per heavy atom. The molecule has 1 aliphatic rings. The summed E-state index contributed by atoms with van der Waals surface area (Å²) in [5, 5.41) is 37.9. The van der Waals surface area contributed by atoms with Crippen molar-refractivity contribution in [2.45, 2.75) is 30.6 Å². The largest absolute Gasteiger partial charge is 0.395 e. The second kappa shape index (κ2) is 8.85. The molecule has 0 amide bonds. The SMILES string of the molecule is COC1OC(CO)C(OC)C(O)C1N(CCO)CCO. The summed E-state index contributed by atoms with van der Waals surface area (Å²) in [5.41, 5.74) is 0. The summed E-state index contributed by atoms with van der Waals surface area (Å²) in [5.74, 6) is 0. The molecule has 120 valence electrons. The van der Waals surface area contributed by atoms with E-state index in [4.69, 9.17) is 24.4 Å². The summed E-state index contributed by atoms with van der Waals surface area (Å²) >= 11 is 0. The smallest absolute Gasteiger partial charge is 0.175 e. The number of rotatable bonds is 8. The van der Waals surface area contributed by atoms with Crippen LogP contribution in [-0.2, 0) is 14.2 Å². The number of aliphatic hydroxyl groups is 4. The van der Waals surface area contributed by atoms with Gasteiger partial charge in [0.25, 0.3) is 0 Å². The predicted molar refractivity (Wildman–Crippen MR) is 69.1 cm³/mol. The highest BCUT2D eigenvalue weighted by Crippen LogP contribution is 2.27. The van der Waals surface area contributed by atoms with Gasteiger partial charge in [0, 0.05) is 27.3 Å². The topological polar surface area (TPSA) is 112 Å². The minimum atomic E-state index is -0.978. The first kappa shape index (κ1) is 17.7. The van der Waals surface area contributed by atoms with Crippen LogP contribution in [0.3, 0.4) is 0 Å². The van der Waals surface area contributed by atoms with Crippen LogP contribution in [0.4, 0.5) is 0 Å². The zero-order valence-corrected chi connectivity index (χ0v) is 11.9. The molecule has 0 saturated carbocycles. The Kier molecular flexibility index (Phi) is 7.85. The molecular formula is C12H25NO7. The van der Waals surface area contributed by atoms with E-state index in [0.717, 1.165) is 0 Å². The molecular weight excluding hydrogens is 270 g/mol. The Morgan fingerprint density at radius 3 is 2.05 bits per heavy atom. The van der Waals surface area contributed by atoms with Gasteiger partial charge < -0.3 is 34.6 Å². The molecule has 0 aromatic carbocycles. The van der Waals surface area contributed by atoms with Gasteiger partial charge in [-0.25, -0.2) is 0 Å². The molecule has 0 bridgehead atoms. The van der Waals surface area contributed by atoms with Crippen LogP contribution in [0.25, 0.3) is 0 Å². The normalized spacial score (nSPS) is 34.6. The maximum atomic E-state index is 10.5. The van der Waals surface area contributed by atoms with Crippen LogP contribution in [0.5, 0.6) is 0 Å². The van der Waals surface area contributed by atoms with Crippen molar-refractivity contribution in [3.8, 4) is 0 Å². The molecule has 1 rings (SSSR count). The Hall–Kier alpha value is -0.320. The lowest BCUT2D eigenvalue weighted by molar-refractivity contribution is -0.285. The van der Waals surface area contributed by atoms with Gasteiger partial charge >= 0.3 is 0 Å². The Balaban J connectivity index is 2.93. The summed E-state index contributed by atoms with van der Waals surface area (Å²) in [6.45, 7) is -0.0406. The quantitative estimate of drug-likeness (QED) is 0.385. The van der Waals surface area contributed by atoms with Crippen LogP contribution in [-0.4, -0.2) is 103 Å². The fraction of sp³-hybridized carbons (Fsp3) is 1.00. The minimum Gasteiger partial charge on any atom is -0.395 e. The maximum Gasteiger partial charge on any atom is 0.175 e. The van der Waals surface area contributed by atoms with Crippen molar-refractivity contribution in [2.75, 3.05) is 47.1 Å². The third-order valence-corrected chi connectivity index (χ3v) is 3.52. The number of nitrogens with zero attached hydrogens (tertiary/aromatic N) is 1. The number of ether oxygens (including phenoxy) is 3. The molecule has 1 heterocycles.